The molecule has 0 fully saturated rings. The number of nitrogens with zero attached hydrogens (tertiary/aromatic N) is 3. The van der Waals surface area contributed by atoms with Gasteiger partial charge in [0, 0.05) is 34.7 Å². The highest BCUT2D eigenvalue weighted by Gasteiger charge is 2.30. The van der Waals surface area contributed by atoms with Gasteiger partial charge in [0.2, 0.25) is 5.88 Å². The minimum Gasteiger partial charge on any atom is -0.506 e. The minimum absolute atomic E-state index is 0.135. The number of fused-ring (bicyclic) bond motifs is 2. The number of nitrogens with one attached hydrogen (secondary N) is 2. The van der Waals surface area contributed by atoms with Crippen molar-refractivity contribution in [1.29, 1.82) is 0 Å². The van der Waals surface area contributed by atoms with E-state index in [9.17, 15) is 18.3 Å². The molecule has 2 aromatic heterocycles. The fraction of sp³-hybridized carbons (Fsp3) is 0.160. The first-order valence-electron chi connectivity index (χ1n) is 11.3. The summed E-state index contributed by atoms with van der Waals surface area (Å²) in [4.78, 5) is 17.5. The largest absolute Gasteiger partial charge is 0.506 e. The Hall–Kier alpha value is -3.90. The number of benzene rings is 2. The van der Waals surface area contributed by atoms with E-state index in [1.807, 2.05) is 13.8 Å². The molecule has 1 aliphatic rings. The van der Waals surface area contributed by atoms with Crippen LogP contribution in [0, 0.1) is 5.92 Å². The molecule has 190 valence electrons. The maximum atomic E-state index is 13.5. The number of para-hydroxylation sites is 1. The van der Waals surface area contributed by atoms with Crippen LogP contribution in [0.3, 0.4) is 0 Å². The summed E-state index contributed by atoms with van der Waals surface area (Å²) in [5.41, 5.74) is 2.82. The van der Waals surface area contributed by atoms with E-state index in [-0.39, 0.29) is 45.3 Å². The van der Waals surface area contributed by atoms with Crippen LogP contribution in [-0.2, 0) is 10.0 Å². The van der Waals surface area contributed by atoms with E-state index < -0.39 is 15.6 Å². The standard InChI is InChI=1S/C25H22BrN5O5S/c1-14(2)12-28-31-19-6-4-3-5-17(19)23(32)22(25(31)33)24-29-18-9-8-16(11-20(18)37(34,35)30-24)36-21-10-7-15(26)13-27-21/h3-11,13-14,28,32H,12H2,1-2H3,(H,29,30). The zero-order chi connectivity index (χ0) is 26.3. The van der Waals surface area contributed by atoms with Crippen LogP contribution in [0.15, 0.2) is 79.4 Å². The van der Waals surface area contributed by atoms with Gasteiger partial charge in [-0.1, -0.05) is 26.0 Å². The number of sulfonamides is 1. The summed E-state index contributed by atoms with van der Waals surface area (Å²) in [6.45, 7) is 4.45. The predicted molar refractivity (Wildman–Crippen MR) is 145 cm³/mol. The Morgan fingerprint density at radius 1 is 1.16 bits per heavy atom. The molecule has 4 aromatic rings. The lowest BCUT2D eigenvalue weighted by atomic mass is 10.1. The zero-order valence-electron chi connectivity index (χ0n) is 19.8. The molecule has 0 spiro atoms. The highest BCUT2D eigenvalue weighted by atomic mass is 79.9. The smallest absolute Gasteiger partial charge is 0.286 e. The van der Waals surface area contributed by atoms with Gasteiger partial charge in [-0.05, 0) is 52.2 Å². The molecule has 0 bridgehead atoms. The van der Waals surface area contributed by atoms with Gasteiger partial charge in [0.1, 0.15) is 22.0 Å². The lowest BCUT2D eigenvalue weighted by Gasteiger charge is -2.21. The monoisotopic (exact) mass is 583 g/mol. The third-order valence-electron chi connectivity index (χ3n) is 5.57. The van der Waals surface area contributed by atoms with E-state index in [2.05, 4.69) is 36.1 Å². The second kappa shape index (κ2) is 9.52. The molecule has 0 saturated carbocycles. The summed E-state index contributed by atoms with van der Waals surface area (Å²) >= 11 is 3.30. The molecule has 37 heavy (non-hydrogen) atoms. The number of rotatable bonds is 6. The van der Waals surface area contributed by atoms with Crippen LogP contribution in [0.25, 0.3) is 10.9 Å². The van der Waals surface area contributed by atoms with Gasteiger partial charge in [-0.3, -0.25) is 4.79 Å². The van der Waals surface area contributed by atoms with E-state index in [0.29, 0.717) is 17.4 Å². The topological polar surface area (TPSA) is 135 Å². The van der Waals surface area contributed by atoms with Gasteiger partial charge in [0.15, 0.2) is 5.84 Å². The Labute approximate surface area is 220 Å². The number of anilines is 1. The molecule has 0 unspecified atom stereocenters. The van der Waals surface area contributed by atoms with Gasteiger partial charge in [0.05, 0.1) is 11.2 Å². The van der Waals surface area contributed by atoms with E-state index in [1.54, 1.807) is 48.7 Å². The Balaban J connectivity index is 1.58. The molecule has 2 aromatic carbocycles. The highest BCUT2D eigenvalue weighted by molar-refractivity contribution is 9.10. The van der Waals surface area contributed by atoms with Crippen molar-refractivity contribution < 1.29 is 18.3 Å². The first-order chi connectivity index (χ1) is 17.6. The predicted octanol–water partition coefficient (Wildman–Crippen LogP) is 4.42. The van der Waals surface area contributed by atoms with E-state index >= 15 is 0 Å². The Bertz CT molecular complexity index is 1720. The van der Waals surface area contributed by atoms with Crippen molar-refractivity contribution in [3.05, 3.63) is 81.2 Å². The van der Waals surface area contributed by atoms with Crippen LogP contribution in [0.1, 0.15) is 19.4 Å². The van der Waals surface area contributed by atoms with Gasteiger partial charge in [-0.2, -0.15) is 8.42 Å². The van der Waals surface area contributed by atoms with E-state index in [0.717, 1.165) is 4.47 Å². The van der Waals surface area contributed by atoms with Crippen molar-refractivity contribution >= 4 is 48.4 Å². The number of aromatic hydroxyl groups is 1. The molecular formula is C25H22BrN5O5S. The van der Waals surface area contributed by atoms with Crippen molar-refractivity contribution in [2.24, 2.45) is 10.3 Å². The number of amidine groups is 1. The van der Waals surface area contributed by atoms with Crippen LogP contribution >= 0.6 is 15.9 Å². The van der Waals surface area contributed by atoms with Crippen LogP contribution < -0.4 is 21.0 Å². The molecule has 0 aliphatic carbocycles. The van der Waals surface area contributed by atoms with Gasteiger partial charge >= 0.3 is 0 Å². The summed E-state index contributed by atoms with van der Waals surface area (Å²) < 4.78 is 38.0. The quantitative estimate of drug-likeness (QED) is 0.303. The maximum Gasteiger partial charge on any atom is 0.286 e. The Morgan fingerprint density at radius 2 is 1.95 bits per heavy atom. The molecule has 0 saturated heterocycles. The molecule has 12 heteroatoms. The number of ether oxygens (including phenoxy) is 1. The highest BCUT2D eigenvalue weighted by Crippen LogP contribution is 2.35. The first kappa shape index (κ1) is 24.8. The summed E-state index contributed by atoms with van der Waals surface area (Å²) in [7, 11) is -4.25. The summed E-state index contributed by atoms with van der Waals surface area (Å²) in [5.74, 6) is 0.109. The van der Waals surface area contributed by atoms with Crippen LogP contribution in [0.5, 0.6) is 17.4 Å². The number of halogens is 1. The van der Waals surface area contributed by atoms with Crippen molar-refractivity contribution in [2.45, 2.75) is 18.7 Å². The fourth-order valence-corrected chi connectivity index (χ4v) is 5.20. The van der Waals surface area contributed by atoms with E-state index in [1.165, 1.54) is 16.8 Å². The second-order valence-electron chi connectivity index (χ2n) is 8.75. The molecule has 0 radical (unpaired) electrons. The molecule has 1 aliphatic heterocycles. The summed E-state index contributed by atoms with van der Waals surface area (Å²) in [5, 5.41) is 14.3. The average Bonchev–Trinajstić information content (AvgIpc) is 2.85. The number of aromatic nitrogens is 2. The summed E-state index contributed by atoms with van der Waals surface area (Å²) in [6.07, 6.45) is 1.56. The van der Waals surface area contributed by atoms with E-state index in [4.69, 9.17) is 4.74 Å². The summed E-state index contributed by atoms with van der Waals surface area (Å²) in [6, 6.07) is 14.6. The fourth-order valence-electron chi connectivity index (χ4n) is 3.82. The lowest BCUT2D eigenvalue weighted by molar-refractivity contribution is 0.461. The molecular weight excluding hydrogens is 562 g/mol. The van der Waals surface area contributed by atoms with Crippen molar-refractivity contribution in [3.8, 4) is 17.4 Å². The number of hydrogen-bond donors (Lipinski definition) is 3. The molecule has 0 amide bonds. The van der Waals surface area contributed by atoms with Crippen molar-refractivity contribution in [3.63, 3.8) is 0 Å². The molecule has 3 N–H and O–H groups in total. The zero-order valence-corrected chi connectivity index (χ0v) is 22.2. The molecule has 0 atom stereocenters. The maximum absolute atomic E-state index is 13.5. The number of pyridine rings is 2. The normalized spacial score (nSPS) is 14.1. The van der Waals surface area contributed by atoms with Gasteiger partial charge in [-0.25, -0.2) is 9.66 Å². The van der Waals surface area contributed by atoms with Crippen LogP contribution in [0.2, 0.25) is 0 Å². The van der Waals surface area contributed by atoms with Crippen LogP contribution in [0.4, 0.5) is 5.69 Å². The number of hydrogen-bond acceptors (Lipinski definition) is 8. The SMILES string of the molecule is CC(C)CNn1c(=O)c(C2=NS(=O)(=O)c3cc(Oc4ccc(Br)cn4)ccc3N2)c(O)c2ccccc21. The minimum atomic E-state index is -4.25. The van der Waals surface area contributed by atoms with Crippen LogP contribution in [-0.4, -0.2) is 35.6 Å². The van der Waals surface area contributed by atoms with Gasteiger partial charge in [0.25, 0.3) is 15.6 Å². The van der Waals surface area contributed by atoms with Gasteiger partial charge < -0.3 is 20.6 Å². The average molecular weight is 584 g/mol. The lowest BCUT2D eigenvalue weighted by Crippen LogP contribution is -2.37. The molecule has 3 heterocycles. The third-order valence-corrected chi connectivity index (χ3v) is 7.35. The van der Waals surface area contributed by atoms with Crippen molar-refractivity contribution in [1.82, 2.24) is 9.66 Å². The first-order valence-corrected chi connectivity index (χ1v) is 13.5. The van der Waals surface area contributed by atoms with Crippen molar-refractivity contribution in [2.75, 3.05) is 17.3 Å². The second-order valence-corrected chi connectivity index (χ2v) is 11.2. The Kier molecular flexibility index (Phi) is 6.38. The third kappa shape index (κ3) is 4.77. The van der Waals surface area contributed by atoms with Gasteiger partial charge in [-0.15, -0.1) is 4.40 Å². The molecule has 5 rings (SSSR count). The molecule has 10 nitrogen and oxygen atoms in total. The Morgan fingerprint density at radius 3 is 2.68 bits per heavy atom.